The van der Waals surface area contributed by atoms with Gasteiger partial charge in [0.1, 0.15) is 5.82 Å². The van der Waals surface area contributed by atoms with Gasteiger partial charge in [-0.1, -0.05) is 18.2 Å². The number of aryl methyl sites for hydroxylation is 2. The van der Waals surface area contributed by atoms with Crippen LogP contribution in [0.1, 0.15) is 28.4 Å². The van der Waals surface area contributed by atoms with Crippen molar-refractivity contribution in [2.24, 2.45) is 0 Å². The summed E-state index contributed by atoms with van der Waals surface area (Å²) in [6, 6.07) is 16.6. The molecule has 3 N–H and O–H groups in total. The van der Waals surface area contributed by atoms with Gasteiger partial charge in [0, 0.05) is 30.2 Å². The molecule has 0 fully saturated rings. The molecular formula is C22H22N4O2. The summed E-state index contributed by atoms with van der Waals surface area (Å²) in [6.45, 7) is 5.50. The predicted molar refractivity (Wildman–Crippen MR) is 112 cm³/mol. The lowest BCUT2D eigenvalue weighted by atomic mass is 10.1. The lowest BCUT2D eigenvalue weighted by Gasteiger charge is -2.11. The van der Waals surface area contributed by atoms with Gasteiger partial charge < -0.3 is 16.0 Å². The predicted octanol–water partition coefficient (Wildman–Crippen LogP) is 4.65. The van der Waals surface area contributed by atoms with Crippen molar-refractivity contribution in [3.63, 3.8) is 0 Å². The number of aromatic nitrogens is 1. The Morgan fingerprint density at radius 2 is 1.64 bits per heavy atom. The number of benzene rings is 2. The first-order valence-electron chi connectivity index (χ1n) is 8.90. The molecule has 0 saturated carbocycles. The Hall–Kier alpha value is -3.67. The third kappa shape index (κ3) is 4.94. The molecule has 0 spiro atoms. The molecule has 1 heterocycles. The number of nitrogens with one attached hydrogen (secondary N) is 3. The monoisotopic (exact) mass is 374 g/mol. The maximum absolute atomic E-state index is 12.5. The average Bonchev–Trinajstić information content (AvgIpc) is 2.65. The molecule has 0 aliphatic rings. The highest BCUT2D eigenvalue weighted by Gasteiger charge is 2.08. The van der Waals surface area contributed by atoms with E-state index in [-0.39, 0.29) is 11.8 Å². The molecule has 6 nitrogen and oxygen atoms in total. The number of hydrogen-bond donors (Lipinski definition) is 3. The summed E-state index contributed by atoms with van der Waals surface area (Å²) in [5, 5.41) is 8.76. The zero-order valence-electron chi connectivity index (χ0n) is 16.0. The smallest absolute Gasteiger partial charge is 0.257 e. The highest BCUT2D eigenvalue weighted by Crippen LogP contribution is 2.21. The van der Waals surface area contributed by atoms with Crippen molar-refractivity contribution < 1.29 is 9.59 Å². The van der Waals surface area contributed by atoms with Crippen LogP contribution in [-0.2, 0) is 4.79 Å². The molecule has 3 aromatic rings. The summed E-state index contributed by atoms with van der Waals surface area (Å²) in [4.78, 5) is 28.0. The Labute approximate surface area is 164 Å². The molecule has 2 amide bonds. The Bertz CT molecular complexity index is 1010. The van der Waals surface area contributed by atoms with Crippen molar-refractivity contribution in [3.05, 3.63) is 77.5 Å². The average molecular weight is 374 g/mol. The Balaban J connectivity index is 1.68. The maximum atomic E-state index is 12.5. The second-order valence-corrected chi connectivity index (χ2v) is 6.59. The van der Waals surface area contributed by atoms with Gasteiger partial charge in [-0.05, 0) is 61.4 Å². The molecule has 3 rings (SSSR count). The number of carbonyl (C=O) groups is 2. The first kappa shape index (κ1) is 19.1. The molecule has 0 radical (unpaired) electrons. The van der Waals surface area contributed by atoms with E-state index in [0.717, 1.165) is 16.8 Å². The largest absolute Gasteiger partial charge is 0.340 e. The molecule has 142 valence electrons. The van der Waals surface area contributed by atoms with Gasteiger partial charge in [-0.15, -0.1) is 0 Å². The lowest BCUT2D eigenvalue weighted by Crippen LogP contribution is -2.13. The van der Waals surface area contributed by atoms with E-state index in [2.05, 4.69) is 39.1 Å². The zero-order valence-corrected chi connectivity index (χ0v) is 16.0. The molecule has 1 aromatic heterocycles. The third-order valence-corrected chi connectivity index (χ3v) is 4.12. The van der Waals surface area contributed by atoms with Crippen molar-refractivity contribution in [2.75, 3.05) is 16.0 Å². The normalized spacial score (nSPS) is 10.2. The Kier molecular flexibility index (Phi) is 5.69. The number of rotatable bonds is 5. The number of hydrogen-bond acceptors (Lipinski definition) is 4. The standard InChI is InChI=1S/C22H22N4O2/c1-14-7-8-15(2)20(11-14)26-21-10-9-17(13-23-21)22(28)25-19-6-4-5-18(12-19)24-16(3)27/h4-13H,1-3H3,(H,23,26)(H,24,27)(H,25,28). The van der Waals surface area contributed by atoms with E-state index in [9.17, 15) is 9.59 Å². The van der Waals surface area contributed by atoms with Crippen LogP contribution in [0.5, 0.6) is 0 Å². The van der Waals surface area contributed by atoms with E-state index in [1.165, 1.54) is 13.1 Å². The summed E-state index contributed by atoms with van der Waals surface area (Å²) in [5.41, 5.74) is 4.92. The minimum absolute atomic E-state index is 0.167. The van der Waals surface area contributed by atoms with Gasteiger partial charge in [0.15, 0.2) is 0 Å². The Morgan fingerprint density at radius 1 is 0.893 bits per heavy atom. The van der Waals surface area contributed by atoms with Crippen LogP contribution in [-0.4, -0.2) is 16.8 Å². The highest BCUT2D eigenvalue weighted by atomic mass is 16.2. The van der Waals surface area contributed by atoms with Gasteiger partial charge in [-0.2, -0.15) is 0 Å². The molecule has 0 unspecified atom stereocenters. The summed E-state index contributed by atoms with van der Waals surface area (Å²) < 4.78 is 0. The van der Waals surface area contributed by atoms with Crippen molar-refractivity contribution in [2.45, 2.75) is 20.8 Å². The van der Waals surface area contributed by atoms with E-state index >= 15 is 0 Å². The molecule has 2 aromatic carbocycles. The minimum atomic E-state index is -0.272. The van der Waals surface area contributed by atoms with Crippen LogP contribution < -0.4 is 16.0 Å². The molecule has 6 heteroatoms. The van der Waals surface area contributed by atoms with Crippen LogP contribution in [0.3, 0.4) is 0 Å². The molecule has 0 saturated heterocycles. The number of carbonyl (C=O) groups excluding carboxylic acids is 2. The van der Waals surface area contributed by atoms with E-state index in [1.54, 1.807) is 36.4 Å². The first-order valence-corrected chi connectivity index (χ1v) is 8.90. The summed E-state index contributed by atoms with van der Waals surface area (Å²) in [7, 11) is 0. The fourth-order valence-electron chi connectivity index (χ4n) is 2.69. The summed E-state index contributed by atoms with van der Waals surface area (Å²) in [5.74, 6) is 0.225. The van der Waals surface area contributed by atoms with Crippen LogP contribution in [0.25, 0.3) is 0 Å². The summed E-state index contributed by atoms with van der Waals surface area (Å²) in [6.07, 6.45) is 1.53. The van der Waals surface area contributed by atoms with Gasteiger partial charge in [-0.25, -0.2) is 4.98 Å². The van der Waals surface area contributed by atoms with Gasteiger partial charge in [-0.3, -0.25) is 9.59 Å². The van der Waals surface area contributed by atoms with E-state index in [0.29, 0.717) is 22.8 Å². The van der Waals surface area contributed by atoms with Crippen molar-refractivity contribution in [1.82, 2.24) is 4.98 Å². The molecule has 0 aliphatic heterocycles. The van der Waals surface area contributed by atoms with Gasteiger partial charge >= 0.3 is 0 Å². The van der Waals surface area contributed by atoms with Gasteiger partial charge in [0.2, 0.25) is 5.91 Å². The highest BCUT2D eigenvalue weighted by molar-refractivity contribution is 6.04. The summed E-state index contributed by atoms with van der Waals surface area (Å²) >= 11 is 0. The molecule has 0 bridgehead atoms. The van der Waals surface area contributed by atoms with E-state index in [1.807, 2.05) is 13.8 Å². The Morgan fingerprint density at radius 3 is 2.32 bits per heavy atom. The molecule has 28 heavy (non-hydrogen) atoms. The van der Waals surface area contributed by atoms with Gasteiger partial charge in [0.05, 0.1) is 5.56 Å². The van der Waals surface area contributed by atoms with Gasteiger partial charge in [0.25, 0.3) is 5.91 Å². The number of pyridine rings is 1. The van der Waals surface area contributed by atoms with Crippen molar-refractivity contribution >= 4 is 34.7 Å². The number of anilines is 4. The maximum Gasteiger partial charge on any atom is 0.257 e. The molecule has 0 aliphatic carbocycles. The zero-order chi connectivity index (χ0) is 20.1. The fraction of sp³-hybridized carbons (Fsp3) is 0.136. The molecular weight excluding hydrogens is 352 g/mol. The van der Waals surface area contributed by atoms with Crippen LogP contribution in [0, 0.1) is 13.8 Å². The second-order valence-electron chi connectivity index (χ2n) is 6.59. The SMILES string of the molecule is CC(=O)Nc1cccc(NC(=O)c2ccc(Nc3cc(C)ccc3C)nc2)c1. The van der Waals surface area contributed by atoms with Crippen molar-refractivity contribution in [3.8, 4) is 0 Å². The number of nitrogens with zero attached hydrogens (tertiary/aromatic N) is 1. The minimum Gasteiger partial charge on any atom is -0.340 e. The van der Waals surface area contributed by atoms with E-state index < -0.39 is 0 Å². The quantitative estimate of drug-likeness (QED) is 0.607. The van der Waals surface area contributed by atoms with Crippen LogP contribution in [0.4, 0.5) is 22.9 Å². The van der Waals surface area contributed by atoms with E-state index in [4.69, 9.17) is 0 Å². The van der Waals surface area contributed by atoms with Crippen molar-refractivity contribution in [1.29, 1.82) is 0 Å². The van der Waals surface area contributed by atoms with Crippen LogP contribution in [0.15, 0.2) is 60.8 Å². The lowest BCUT2D eigenvalue weighted by molar-refractivity contribution is -0.114. The topological polar surface area (TPSA) is 83.1 Å². The van der Waals surface area contributed by atoms with Crippen LogP contribution >= 0.6 is 0 Å². The molecule has 0 atom stereocenters. The fourth-order valence-corrected chi connectivity index (χ4v) is 2.69. The van der Waals surface area contributed by atoms with Crippen LogP contribution in [0.2, 0.25) is 0 Å². The number of amides is 2. The first-order chi connectivity index (χ1) is 13.4. The third-order valence-electron chi connectivity index (χ3n) is 4.12. The second kappa shape index (κ2) is 8.35.